The second-order valence-corrected chi connectivity index (χ2v) is 3.48. The molecule has 0 aliphatic heterocycles. The molecule has 2 heteroatoms. The topological polar surface area (TPSA) is 33.4 Å². The lowest BCUT2D eigenvalue weighted by atomic mass is 10.0. The Balaban J connectivity index is 2.48. The minimum Gasteiger partial charge on any atom is -0.464 e. The molecule has 0 bridgehead atoms. The third-order valence-corrected chi connectivity index (χ3v) is 2.52. The van der Waals surface area contributed by atoms with Crippen LogP contribution in [0.5, 0.6) is 0 Å². The Hall–Kier alpha value is -1.54. The molecule has 0 aliphatic rings. The first-order chi connectivity index (χ1) is 7.35. The van der Waals surface area contributed by atoms with Crippen molar-refractivity contribution in [1.29, 1.82) is 0 Å². The van der Waals surface area contributed by atoms with E-state index in [2.05, 4.69) is 6.92 Å². The molecule has 2 aromatic rings. The van der Waals surface area contributed by atoms with Crippen LogP contribution in [-0.4, -0.2) is 5.11 Å². The molecule has 0 saturated heterocycles. The maximum absolute atomic E-state index is 9.06. The van der Waals surface area contributed by atoms with Gasteiger partial charge in [-0.25, -0.2) is 0 Å². The molecule has 0 unspecified atom stereocenters. The molecule has 0 atom stereocenters. The maximum Gasteiger partial charge on any atom is 0.134 e. The molecular weight excluding hydrogens is 188 g/mol. The van der Waals surface area contributed by atoms with Crippen LogP contribution in [0, 0.1) is 0 Å². The van der Waals surface area contributed by atoms with Gasteiger partial charge >= 0.3 is 0 Å². The summed E-state index contributed by atoms with van der Waals surface area (Å²) in [5.41, 5.74) is 3.26. The second kappa shape index (κ2) is 4.32. The van der Waals surface area contributed by atoms with Gasteiger partial charge in [-0.05, 0) is 29.7 Å². The average Bonchev–Trinajstić information content (AvgIpc) is 2.81. The van der Waals surface area contributed by atoms with Gasteiger partial charge in [-0.15, -0.1) is 0 Å². The summed E-state index contributed by atoms with van der Waals surface area (Å²) in [4.78, 5) is 0. The van der Waals surface area contributed by atoms with Crippen molar-refractivity contribution in [3.8, 4) is 11.3 Å². The Kier molecular flexibility index (Phi) is 2.88. The van der Waals surface area contributed by atoms with Crippen LogP contribution in [0.15, 0.2) is 41.0 Å². The number of aryl methyl sites for hydroxylation is 1. The third-order valence-electron chi connectivity index (χ3n) is 2.52. The first kappa shape index (κ1) is 9.99. The first-order valence-corrected chi connectivity index (χ1v) is 5.11. The fourth-order valence-corrected chi connectivity index (χ4v) is 1.71. The molecule has 1 heterocycles. The highest BCUT2D eigenvalue weighted by molar-refractivity contribution is 5.62. The van der Waals surface area contributed by atoms with Gasteiger partial charge < -0.3 is 9.52 Å². The van der Waals surface area contributed by atoms with E-state index < -0.39 is 0 Å². The quantitative estimate of drug-likeness (QED) is 0.830. The lowest BCUT2D eigenvalue weighted by Crippen LogP contribution is -1.90. The lowest BCUT2D eigenvalue weighted by Gasteiger charge is -2.07. The smallest absolute Gasteiger partial charge is 0.134 e. The van der Waals surface area contributed by atoms with E-state index in [1.54, 1.807) is 6.26 Å². The summed E-state index contributed by atoms with van der Waals surface area (Å²) in [5.74, 6) is 0.885. The van der Waals surface area contributed by atoms with Crippen LogP contribution in [0.25, 0.3) is 11.3 Å². The number of hydrogen-bond acceptors (Lipinski definition) is 2. The highest BCUT2D eigenvalue weighted by atomic mass is 16.3. The van der Waals surface area contributed by atoms with Crippen LogP contribution < -0.4 is 0 Å². The lowest BCUT2D eigenvalue weighted by molar-refractivity contribution is 0.281. The summed E-state index contributed by atoms with van der Waals surface area (Å²) in [7, 11) is 0. The molecule has 1 aromatic heterocycles. The average molecular weight is 202 g/mol. The Morgan fingerprint density at radius 2 is 2.13 bits per heavy atom. The molecule has 78 valence electrons. The van der Waals surface area contributed by atoms with Gasteiger partial charge in [0.2, 0.25) is 0 Å². The Labute approximate surface area is 89.2 Å². The zero-order valence-corrected chi connectivity index (χ0v) is 8.73. The Bertz CT molecular complexity index is 430. The van der Waals surface area contributed by atoms with Crippen molar-refractivity contribution in [1.82, 2.24) is 0 Å². The van der Waals surface area contributed by atoms with E-state index >= 15 is 0 Å². The highest BCUT2D eigenvalue weighted by Gasteiger charge is 2.06. The summed E-state index contributed by atoms with van der Waals surface area (Å²) in [6, 6.07) is 9.79. The van der Waals surface area contributed by atoms with Crippen LogP contribution in [0.2, 0.25) is 0 Å². The van der Waals surface area contributed by atoms with Crippen molar-refractivity contribution < 1.29 is 9.52 Å². The zero-order valence-electron chi connectivity index (χ0n) is 8.73. The van der Waals surface area contributed by atoms with E-state index in [0.717, 1.165) is 23.3 Å². The van der Waals surface area contributed by atoms with Crippen LogP contribution >= 0.6 is 0 Å². The molecule has 15 heavy (non-hydrogen) atoms. The highest BCUT2D eigenvalue weighted by Crippen LogP contribution is 2.25. The van der Waals surface area contributed by atoms with E-state index in [4.69, 9.17) is 9.52 Å². The Morgan fingerprint density at radius 1 is 1.27 bits per heavy atom. The molecule has 0 radical (unpaired) electrons. The van der Waals surface area contributed by atoms with Gasteiger partial charge in [0.05, 0.1) is 12.9 Å². The van der Waals surface area contributed by atoms with E-state index in [0.29, 0.717) is 0 Å². The van der Waals surface area contributed by atoms with E-state index in [1.165, 1.54) is 5.56 Å². The van der Waals surface area contributed by atoms with Crippen molar-refractivity contribution in [3.63, 3.8) is 0 Å². The fourth-order valence-electron chi connectivity index (χ4n) is 1.71. The largest absolute Gasteiger partial charge is 0.464 e. The number of furan rings is 1. The summed E-state index contributed by atoms with van der Waals surface area (Å²) >= 11 is 0. The van der Waals surface area contributed by atoms with Gasteiger partial charge in [-0.2, -0.15) is 0 Å². The van der Waals surface area contributed by atoms with E-state index in [-0.39, 0.29) is 6.61 Å². The monoisotopic (exact) mass is 202 g/mol. The molecule has 0 saturated carbocycles. The SMILES string of the molecule is CCc1cc(CO)ccc1-c1ccco1. The van der Waals surface area contributed by atoms with Crippen LogP contribution in [-0.2, 0) is 13.0 Å². The maximum atomic E-state index is 9.06. The fraction of sp³-hybridized carbons (Fsp3) is 0.231. The summed E-state index contributed by atoms with van der Waals surface area (Å²) in [6.07, 6.45) is 2.61. The van der Waals surface area contributed by atoms with Crippen LogP contribution in [0.4, 0.5) is 0 Å². The number of aliphatic hydroxyl groups is 1. The molecule has 1 N–H and O–H groups in total. The number of hydrogen-bond donors (Lipinski definition) is 1. The van der Waals surface area contributed by atoms with Gasteiger partial charge in [-0.1, -0.05) is 25.1 Å². The molecule has 2 nitrogen and oxygen atoms in total. The summed E-state index contributed by atoms with van der Waals surface area (Å²) in [6.45, 7) is 2.19. The van der Waals surface area contributed by atoms with Gasteiger partial charge in [0.15, 0.2) is 0 Å². The molecular formula is C13H14O2. The molecule has 1 aromatic carbocycles. The van der Waals surface area contributed by atoms with Gasteiger partial charge in [0.1, 0.15) is 5.76 Å². The van der Waals surface area contributed by atoms with Crippen molar-refractivity contribution in [2.75, 3.05) is 0 Å². The van der Waals surface area contributed by atoms with Crippen LogP contribution in [0.1, 0.15) is 18.1 Å². The van der Waals surface area contributed by atoms with Gasteiger partial charge in [0.25, 0.3) is 0 Å². The zero-order chi connectivity index (χ0) is 10.7. The van der Waals surface area contributed by atoms with Crippen molar-refractivity contribution >= 4 is 0 Å². The van der Waals surface area contributed by atoms with E-state index in [1.807, 2.05) is 30.3 Å². The van der Waals surface area contributed by atoms with E-state index in [9.17, 15) is 0 Å². The van der Waals surface area contributed by atoms with Gasteiger partial charge in [-0.3, -0.25) is 0 Å². The number of aliphatic hydroxyl groups excluding tert-OH is 1. The predicted molar refractivity (Wildman–Crippen MR) is 59.4 cm³/mol. The second-order valence-electron chi connectivity index (χ2n) is 3.48. The van der Waals surface area contributed by atoms with Gasteiger partial charge in [0, 0.05) is 5.56 Å². The summed E-state index contributed by atoms with van der Waals surface area (Å²) < 4.78 is 5.37. The minimum atomic E-state index is 0.0887. The minimum absolute atomic E-state index is 0.0887. The molecule has 2 rings (SSSR count). The summed E-state index contributed by atoms with van der Waals surface area (Å²) in [5, 5.41) is 9.06. The molecule has 0 fully saturated rings. The Morgan fingerprint density at radius 3 is 2.73 bits per heavy atom. The van der Waals surface area contributed by atoms with Crippen molar-refractivity contribution in [2.45, 2.75) is 20.0 Å². The molecule has 0 amide bonds. The van der Waals surface area contributed by atoms with Crippen LogP contribution in [0.3, 0.4) is 0 Å². The first-order valence-electron chi connectivity index (χ1n) is 5.11. The number of rotatable bonds is 3. The molecule has 0 spiro atoms. The normalized spacial score (nSPS) is 10.5. The van der Waals surface area contributed by atoms with Crippen molar-refractivity contribution in [2.24, 2.45) is 0 Å². The standard InChI is InChI=1S/C13H14O2/c1-2-11-8-10(9-14)5-6-12(11)13-4-3-7-15-13/h3-8,14H,2,9H2,1H3. The van der Waals surface area contributed by atoms with Crippen molar-refractivity contribution in [3.05, 3.63) is 47.7 Å². The number of benzene rings is 1. The molecule has 0 aliphatic carbocycles. The third kappa shape index (κ3) is 1.95. The predicted octanol–water partition coefficient (Wildman–Crippen LogP) is 3.00.